The van der Waals surface area contributed by atoms with Gasteiger partial charge in [0.2, 0.25) is 5.91 Å². The van der Waals surface area contributed by atoms with E-state index in [-0.39, 0.29) is 23.7 Å². The van der Waals surface area contributed by atoms with Crippen molar-refractivity contribution in [3.63, 3.8) is 0 Å². The van der Waals surface area contributed by atoms with Gasteiger partial charge in [-0.2, -0.15) is 0 Å². The third-order valence-electron chi connectivity index (χ3n) is 6.26. The number of aliphatic hydroxyl groups excluding tert-OH is 1. The van der Waals surface area contributed by atoms with Crippen molar-refractivity contribution in [1.82, 2.24) is 4.90 Å². The summed E-state index contributed by atoms with van der Waals surface area (Å²) in [5, 5.41) is 10.0. The number of carbonyl (C=O) groups excluding carboxylic acids is 1. The Hall–Kier alpha value is -1.42. The fourth-order valence-electron chi connectivity index (χ4n) is 4.50. The topological polar surface area (TPSA) is 40.5 Å². The number of likely N-dealkylation sites (tertiary alicyclic amines) is 1. The molecule has 0 unspecified atom stereocenters. The minimum Gasteiger partial charge on any atom is -0.396 e. The molecule has 1 aromatic carbocycles. The molecule has 24 heavy (non-hydrogen) atoms. The summed E-state index contributed by atoms with van der Waals surface area (Å²) in [6.45, 7) is 1.65. The quantitative estimate of drug-likeness (QED) is 0.900. The lowest BCUT2D eigenvalue weighted by molar-refractivity contribution is -0.138. The van der Waals surface area contributed by atoms with E-state index in [4.69, 9.17) is 0 Å². The molecular formula is C20H26FNO2. The second-order valence-electron chi connectivity index (χ2n) is 8.22. The highest BCUT2D eigenvalue weighted by Gasteiger charge is 2.54. The molecular weight excluding hydrogens is 305 g/mol. The Morgan fingerprint density at radius 3 is 2.50 bits per heavy atom. The zero-order valence-electron chi connectivity index (χ0n) is 14.1. The van der Waals surface area contributed by atoms with Crippen LogP contribution in [0.25, 0.3) is 0 Å². The van der Waals surface area contributed by atoms with Crippen LogP contribution in [0.3, 0.4) is 0 Å². The van der Waals surface area contributed by atoms with Crippen LogP contribution < -0.4 is 0 Å². The lowest BCUT2D eigenvalue weighted by atomic mass is 9.76. The maximum atomic E-state index is 13.2. The van der Waals surface area contributed by atoms with E-state index >= 15 is 0 Å². The number of hydrogen-bond donors (Lipinski definition) is 1. The van der Waals surface area contributed by atoms with E-state index in [1.54, 1.807) is 12.1 Å². The fourth-order valence-corrected chi connectivity index (χ4v) is 4.50. The molecule has 2 saturated carbocycles. The van der Waals surface area contributed by atoms with Crippen LogP contribution >= 0.6 is 0 Å². The highest BCUT2D eigenvalue weighted by atomic mass is 19.1. The molecule has 0 aromatic heterocycles. The number of aliphatic hydroxyl groups is 1. The number of benzene rings is 1. The van der Waals surface area contributed by atoms with Crippen molar-refractivity contribution >= 4 is 5.91 Å². The highest BCUT2D eigenvalue weighted by Crippen LogP contribution is 2.51. The summed E-state index contributed by atoms with van der Waals surface area (Å²) < 4.78 is 13.2. The van der Waals surface area contributed by atoms with Crippen molar-refractivity contribution in [2.24, 2.45) is 11.3 Å². The van der Waals surface area contributed by atoms with Gasteiger partial charge < -0.3 is 10.0 Å². The number of piperidine rings is 1. The summed E-state index contributed by atoms with van der Waals surface area (Å²) in [5.41, 5.74) is 0.399. The number of rotatable bonds is 5. The summed E-state index contributed by atoms with van der Waals surface area (Å²) >= 11 is 0. The van der Waals surface area contributed by atoms with Crippen LogP contribution in [0.5, 0.6) is 0 Å². The zero-order valence-corrected chi connectivity index (χ0v) is 14.1. The molecule has 2 aliphatic carbocycles. The summed E-state index contributed by atoms with van der Waals surface area (Å²) in [6, 6.07) is 6.41. The van der Waals surface area contributed by atoms with E-state index in [0.717, 1.165) is 50.1 Å². The SMILES string of the molecule is O=C(N1CCC[C@](CO)(CC2CC2)C1)C1(c2ccc(F)cc2)CC1. The van der Waals surface area contributed by atoms with Crippen molar-refractivity contribution in [3.05, 3.63) is 35.6 Å². The van der Waals surface area contributed by atoms with E-state index in [9.17, 15) is 14.3 Å². The first-order chi connectivity index (χ1) is 11.6. The molecule has 3 fully saturated rings. The summed E-state index contributed by atoms with van der Waals surface area (Å²) in [6.07, 6.45) is 7.29. The highest BCUT2D eigenvalue weighted by molar-refractivity contribution is 5.91. The van der Waals surface area contributed by atoms with Crippen molar-refractivity contribution in [2.45, 2.75) is 50.4 Å². The van der Waals surface area contributed by atoms with Crippen LogP contribution in [0.15, 0.2) is 24.3 Å². The van der Waals surface area contributed by atoms with Crippen molar-refractivity contribution in [3.8, 4) is 0 Å². The van der Waals surface area contributed by atoms with Crippen molar-refractivity contribution in [2.75, 3.05) is 19.7 Å². The normalized spacial score (nSPS) is 28.7. The van der Waals surface area contributed by atoms with Gasteiger partial charge in [-0.05, 0) is 55.7 Å². The second-order valence-corrected chi connectivity index (χ2v) is 8.22. The lowest BCUT2D eigenvalue weighted by Crippen LogP contribution is -2.51. The molecule has 1 N–H and O–H groups in total. The number of carbonyl (C=O) groups is 1. The maximum absolute atomic E-state index is 13.2. The van der Waals surface area contributed by atoms with Crippen molar-refractivity contribution in [1.29, 1.82) is 0 Å². The largest absolute Gasteiger partial charge is 0.396 e. The van der Waals surface area contributed by atoms with Gasteiger partial charge in [-0.3, -0.25) is 4.79 Å². The maximum Gasteiger partial charge on any atom is 0.233 e. The average molecular weight is 331 g/mol. The third kappa shape index (κ3) is 2.85. The minimum absolute atomic E-state index is 0.103. The van der Waals surface area contributed by atoms with Crippen LogP contribution in [0.2, 0.25) is 0 Å². The average Bonchev–Trinajstić information content (AvgIpc) is 3.50. The van der Waals surface area contributed by atoms with Gasteiger partial charge in [0, 0.05) is 18.5 Å². The molecule has 1 aliphatic heterocycles. The minimum atomic E-state index is -0.439. The lowest BCUT2D eigenvalue weighted by Gasteiger charge is -2.43. The molecule has 1 aromatic rings. The second kappa shape index (κ2) is 5.83. The van der Waals surface area contributed by atoms with E-state index in [2.05, 4.69) is 0 Å². The molecule has 130 valence electrons. The van der Waals surface area contributed by atoms with Gasteiger partial charge in [-0.1, -0.05) is 25.0 Å². The van der Waals surface area contributed by atoms with Gasteiger partial charge in [0.1, 0.15) is 5.82 Å². The summed E-state index contributed by atoms with van der Waals surface area (Å²) in [5.74, 6) is 0.672. The van der Waals surface area contributed by atoms with E-state index in [0.29, 0.717) is 6.54 Å². The van der Waals surface area contributed by atoms with Crippen molar-refractivity contribution < 1.29 is 14.3 Å². The standard InChI is InChI=1S/C20H26FNO2/c21-17-6-4-16(5-7-17)20(9-10-20)18(24)22-11-1-8-19(13-22,14-23)12-15-2-3-15/h4-7,15,23H,1-3,8-14H2/t19-/m0/s1. The van der Waals surface area contributed by atoms with Gasteiger partial charge in [-0.15, -0.1) is 0 Å². The summed E-state index contributed by atoms with van der Waals surface area (Å²) in [7, 11) is 0. The molecule has 1 heterocycles. The number of hydrogen-bond acceptors (Lipinski definition) is 2. The number of nitrogens with zero attached hydrogens (tertiary/aromatic N) is 1. The molecule has 1 atom stereocenters. The van der Waals surface area contributed by atoms with Gasteiger partial charge in [-0.25, -0.2) is 4.39 Å². The number of amides is 1. The summed E-state index contributed by atoms with van der Waals surface area (Å²) in [4.78, 5) is 15.2. The molecule has 0 radical (unpaired) electrons. The molecule has 4 heteroatoms. The van der Waals surface area contributed by atoms with E-state index in [1.165, 1.54) is 25.0 Å². The van der Waals surface area contributed by atoms with Crippen LogP contribution in [0.1, 0.15) is 50.5 Å². The van der Waals surface area contributed by atoms with Gasteiger partial charge in [0.05, 0.1) is 12.0 Å². The van der Waals surface area contributed by atoms with Gasteiger partial charge >= 0.3 is 0 Å². The third-order valence-corrected chi connectivity index (χ3v) is 6.26. The van der Waals surface area contributed by atoms with E-state index < -0.39 is 5.41 Å². The molecule has 3 aliphatic rings. The van der Waals surface area contributed by atoms with Crippen LogP contribution in [-0.2, 0) is 10.2 Å². The van der Waals surface area contributed by atoms with Crippen LogP contribution in [0, 0.1) is 17.2 Å². The Balaban J connectivity index is 1.52. The molecule has 1 saturated heterocycles. The first-order valence-corrected chi connectivity index (χ1v) is 9.23. The Labute approximate surface area is 142 Å². The Morgan fingerprint density at radius 1 is 1.21 bits per heavy atom. The van der Waals surface area contributed by atoms with Gasteiger partial charge in [0.25, 0.3) is 0 Å². The predicted molar refractivity (Wildman–Crippen MR) is 90.0 cm³/mol. The molecule has 4 rings (SSSR count). The smallest absolute Gasteiger partial charge is 0.233 e. The molecule has 1 amide bonds. The van der Waals surface area contributed by atoms with Crippen LogP contribution in [0.4, 0.5) is 4.39 Å². The fraction of sp³-hybridized carbons (Fsp3) is 0.650. The zero-order chi connectivity index (χ0) is 16.8. The first kappa shape index (κ1) is 16.1. The van der Waals surface area contributed by atoms with Crippen LogP contribution in [-0.4, -0.2) is 35.6 Å². The Morgan fingerprint density at radius 2 is 1.92 bits per heavy atom. The molecule has 3 nitrogen and oxygen atoms in total. The molecule has 0 bridgehead atoms. The first-order valence-electron chi connectivity index (χ1n) is 9.23. The predicted octanol–water partition coefficient (Wildman–Crippen LogP) is 3.26. The monoisotopic (exact) mass is 331 g/mol. The van der Waals surface area contributed by atoms with Gasteiger partial charge in [0.15, 0.2) is 0 Å². The number of halogens is 1. The Kier molecular flexibility index (Phi) is 3.91. The molecule has 0 spiro atoms. The Bertz CT molecular complexity index is 621. The van der Waals surface area contributed by atoms with E-state index in [1.807, 2.05) is 4.90 Å².